The Morgan fingerprint density at radius 2 is 1.70 bits per heavy atom. The Bertz CT molecular complexity index is 85.3. The highest BCUT2D eigenvalue weighted by Gasteiger charge is 2.18. The van der Waals surface area contributed by atoms with Crippen LogP contribution in [0.5, 0.6) is 0 Å². The Morgan fingerprint density at radius 1 is 1.20 bits per heavy atom. The van der Waals surface area contributed by atoms with E-state index in [0.29, 0.717) is 12.2 Å². The van der Waals surface area contributed by atoms with Gasteiger partial charge in [-0.1, -0.05) is 13.8 Å². The topological polar surface area (TPSA) is 21.3 Å². The Kier molecular flexibility index (Phi) is 3.16. The molecule has 1 aliphatic heterocycles. The van der Waals surface area contributed by atoms with Crippen molar-refractivity contribution in [1.29, 1.82) is 0 Å². The van der Waals surface area contributed by atoms with Crippen molar-refractivity contribution in [2.45, 2.75) is 38.9 Å². The third kappa shape index (κ3) is 1.96. The molecule has 1 saturated heterocycles. The summed E-state index contributed by atoms with van der Waals surface area (Å²) in [5.41, 5.74) is 0. The molecular weight excluding hydrogens is 126 g/mol. The molecule has 0 saturated carbocycles. The summed E-state index contributed by atoms with van der Waals surface area (Å²) in [6.07, 6.45) is 3.17. The average molecular weight is 143 g/mol. The summed E-state index contributed by atoms with van der Waals surface area (Å²) >= 11 is 0. The van der Waals surface area contributed by atoms with E-state index in [9.17, 15) is 0 Å². The summed E-state index contributed by atoms with van der Waals surface area (Å²) in [6.45, 7) is 6.41. The van der Waals surface area contributed by atoms with Crippen LogP contribution in [0.3, 0.4) is 0 Å². The van der Waals surface area contributed by atoms with Gasteiger partial charge >= 0.3 is 0 Å². The zero-order valence-corrected chi connectivity index (χ0v) is 6.89. The van der Waals surface area contributed by atoms with Gasteiger partial charge in [0.25, 0.3) is 0 Å². The van der Waals surface area contributed by atoms with Crippen molar-refractivity contribution in [3.63, 3.8) is 0 Å². The molecule has 2 atom stereocenters. The first-order valence-electron chi connectivity index (χ1n) is 4.23. The quantitative estimate of drug-likeness (QED) is 0.626. The maximum atomic E-state index is 5.72. The van der Waals surface area contributed by atoms with Gasteiger partial charge in [0.1, 0.15) is 0 Å². The van der Waals surface area contributed by atoms with Crippen LogP contribution in [-0.4, -0.2) is 25.3 Å². The molecule has 1 heterocycles. The molecule has 0 aromatic heterocycles. The third-order valence-corrected chi connectivity index (χ3v) is 2.04. The molecular formula is C8H17NO. The molecule has 0 aromatic carbocycles. The Morgan fingerprint density at radius 3 is 2.10 bits per heavy atom. The lowest BCUT2D eigenvalue weighted by Crippen LogP contribution is -2.44. The number of nitrogens with one attached hydrogen (secondary N) is 1. The van der Waals surface area contributed by atoms with Gasteiger partial charge in [-0.3, -0.25) is 0 Å². The average Bonchev–Trinajstić information content (AvgIpc) is 2.05. The lowest BCUT2D eigenvalue weighted by Gasteiger charge is -2.29. The van der Waals surface area contributed by atoms with Crippen LogP contribution >= 0.6 is 0 Å². The second-order valence-electron chi connectivity index (χ2n) is 2.85. The van der Waals surface area contributed by atoms with Crippen molar-refractivity contribution < 1.29 is 4.74 Å². The first-order chi connectivity index (χ1) is 4.86. The van der Waals surface area contributed by atoms with Crippen molar-refractivity contribution in [3.8, 4) is 0 Å². The normalized spacial score (nSPS) is 34.2. The predicted octanol–water partition coefficient (Wildman–Crippen LogP) is 1.16. The van der Waals surface area contributed by atoms with E-state index in [1.54, 1.807) is 0 Å². The van der Waals surface area contributed by atoms with Crippen LogP contribution in [0.4, 0.5) is 0 Å². The molecule has 2 unspecified atom stereocenters. The molecule has 0 aliphatic carbocycles. The zero-order valence-electron chi connectivity index (χ0n) is 6.89. The number of morpholine rings is 1. The minimum atomic E-state index is 0.457. The van der Waals surface area contributed by atoms with E-state index in [0.717, 1.165) is 25.9 Å². The Labute approximate surface area is 63.0 Å². The van der Waals surface area contributed by atoms with E-state index in [1.807, 2.05) is 0 Å². The van der Waals surface area contributed by atoms with Gasteiger partial charge in [0.15, 0.2) is 0 Å². The van der Waals surface area contributed by atoms with Crippen molar-refractivity contribution in [2.75, 3.05) is 13.1 Å². The predicted molar refractivity (Wildman–Crippen MR) is 42.1 cm³/mol. The molecule has 10 heavy (non-hydrogen) atoms. The molecule has 1 N–H and O–H groups in total. The third-order valence-electron chi connectivity index (χ3n) is 2.04. The fourth-order valence-electron chi connectivity index (χ4n) is 1.25. The van der Waals surface area contributed by atoms with Crippen LogP contribution < -0.4 is 5.32 Å². The molecule has 0 radical (unpaired) electrons. The number of hydrogen-bond acceptors (Lipinski definition) is 2. The second-order valence-corrected chi connectivity index (χ2v) is 2.85. The molecule has 1 aliphatic rings. The molecule has 60 valence electrons. The summed E-state index contributed by atoms with van der Waals surface area (Å²) in [7, 11) is 0. The van der Waals surface area contributed by atoms with Gasteiger partial charge < -0.3 is 10.1 Å². The maximum Gasteiger partial charge on any atom is 0.0701 e. The smallest absolute Gasteiger partial charge is 0.0701 e. The van der Waals surface area contributed by atoms with Crippen LogP contribution in [0.2, 0.25) is 0 Å². The van der Waals surface area contributed by atoms with Crippen LogP contribution in [0.1, 0.15) is 26.7 Å². The van der Waals surface area contributed by atoms with Gasteiger partial charge in [0.05, 0.1) is 12.2 Å². The van der Waals surface area contributed by atoms with Gasteiger partial charge in [-0.05, 0) is 12.8 Å². The van der Waals surface area contributed by atoms with Crippen molar-refractivity contribution >= 4 is 0 Å². The van der Waals surface area contributed by atoms with Gasteiger partial charge in [0.2, 0.25) is 0 Å². The van der Waals surface area contributed by atoms with Crippen molar-refractivity contribution in [2.24, 2.45) is 0 Å². The molecule has 0 bridgehead atoms. The zero-order chi connectivity index (χ0) is 7.40. The maximum absolute atomic E-state index is 5.72. The Balaban J connectivity index is 2.25. The van der Waals surface area contributed by atoms with Crippen LogP contribution in [0, 0.1) is 0 Å². The molecule has 0 aromatic rings. The highest BCUT2D eigenvalue weighted by molar-refractivity contribution is 4.71. The Hall–Kier alpha value is -0.0800. The summed E-state index contributed by atoms with van der Waals surface area (Å²) in [4.78, 5) is 0. The minimum absolute atomic E-state index is 0.457. The van der Waals surface area contributed by atoms with E-state index in [4.69, 9.17) is 4.74 Å². The summed E-state index contributed by atoms with van der Waals surface area (Å²) in [5.74, 6) is 0. The number of hydrogen-bond donors (Lipinski definition) is 1. The highest BCUT2D eigenvalue weighted by atomic mass is 16.5. The largest absolute Gasteiger partial charge is 0.372 e. The summed E-state index contributed by atoms with van der Waals surface area (Å²) < 4.78 is 5.72. The van der Waals surface area contributed by atoms with Crippen molar-refractivity contribution in [3.05, 3.63) is 0 Å². The van der Waals surface area contributed by atoms with E-state index < -0.39 is 0 Å². The molecule has 1 fully saturated rings. The SMILES string of the molecule is CCC1CNCC(CC)O1. The van der Waals surface area contributed by atoms with Crippen LogP contribution in [0.15, 0.2) is 0 Å². The fraction of sp³-hybridized carbons (Fsp3) is 1.00. The first-order valence-corrected chi connectivity index (χ1v) is 4.23. The van der Waals surface area contributed by atoms with Gasteiger partial charge in [0, 0.05) is 13.1 Å². The van der Waals surface area contributed by atoms with Gasteiger partial charge in [-0.25, -0.2) is 0 Å². The van der Waals surface area contributed by atoms with Crippen molar-refractivity contribution in [1.82, 2.24) is 5.32 Å². The molecule has 0 amide bonds. The van der Waals surface area contributed by atoms with Gasteiger partial charge in [-0.15, -0.1) is 0 Å². The fourth-order valence-corrected chi connectivity index (χ4v) is 1.25. The second kappa shape index (κ2) is 3.94. The van der Waals surface area contributed by atoms with E-state index in [1.165, 1.54) is 0 Å². The standard InChI is InChI=1S/C8H17NO/c1-3-7-5-9-6-8(4-2)10-7/h7-9H,3-6H2,1-2H3. The van der Waals surface area contributed by atoms with E-state index >= 15 is 0 Å². The molecule has 2 heteroatoms. The molecule has 1 rings (SSSR count). The van der Waals surface area contributed by atoms with E-state index in [2.05, 4.69) is 19.2 Å². The summed E-state index contributed by atoms with van der Waals surface area (Å²) in [6, 6.07) is 0. The van der Waals surface area contributed by atoms with E-state index in [-0.39, 0.29) is 0 Å². The summed E-state index contributed by atoms with van der Waals surface area (Å²) in [5, 5.41) is 3.36. The number of ether oxygens (including phenoxy) is 1. The molecule has 0 spiro atoms. The van der Waals surface area contributed by atoms with Crippen LogP contribution in [-0.2, 0) is 4.74 Å². The highest BCUT2D eigenvalue weighted by Crippen LogP contribution is 2.08. The monoisotopic (exact) mass is 143 g/mol. The lowest BCUT2D eigenvalue weighted by atomic mass is 10.2. The number of rotatable bonds is 2. The lowest BCUT2D eigenvalue weighted by molar-refractivity contribution is -0.0393. The van der Waals surface area contributed by atoms with Gasteiger partial charge in [-0.2, -0.15) is 0 Å². The van der Waals surface area contributed by atoms with Crippen LogP contribution in [0.25, 0.3) is 0 Å². The minimum Gasteiger partial charge on any atom is -0.372 e. The molecule has 2 nitrogen and oxygen atoms in total. The first kappa shape index (κ1) is 8.02.